The van der Waals surface area contributed by atoms with Crippen molar-refractivity contribution in [3.05, 3.63) is 28.2 Å². The van der Waals surface area contributed by atoms with Crippen LogP contribution in [0.2, 0.25) is 0 Å². The van der Waals surface area contributed by atoms with E-state index >= 15 is 0 Å². The van der Waals surface area contributed by atoms with Crippen LogP contribution in [0.25, 0.3) is 0 Å². The van der Waals surface area contributed by atoms with E-state index in [4.69, 9.17) is 9.47 Å². The average molecular weight is 430 g/mol. The van der Waals surface area contributed by atoms with Crippen molar-refractivity contribution in [1.82, 2.24) is 0 Å². The molecule has 144 valence electrons. The molecule has 0 saturated carbocycles. The van der Waals surface area contributed by atoms with Crippen molar-refractivity contribution in [2.45, 2.75) is 52.7 Å². The number of rotatable bonds is 2. The van der Waals surface area contributed by atoms with E-state index < -0.39 is 29.4 Å². The first kappa shape index (κ1) is 22.0. The molecule has 0 aliphatic carbocycles. The molecule has 0 fully saturated rings. The first-order chi connectivity index (χ1) is 11.7. The van der Waals surface area contributed by atoms with Gasteiger partial charge in [-0.2, -0.15) is 4.90 Å². The van der Waals surface area contributed by atoms with Crippen LogP contribution < -0.4 is 4.90 Å². The van der Waals surface area contributed by atoms with Crippen LogP contribution in [-0.2, 0) is 14.2 Å². The Balaban J connectivity index is 3.34. The molecule has 1 rings (SSSR count). The number of benzene rings is 1. The van der Waals surface area contributed by atoms with Gasteiger partial charge in [0.1, 0.15) is 11.2 Å². The molecule has 26 heavy (non-hydrogen) atoms. The number of ether oxygens (including phenoxy) is 3. The summed E-state index contributed by atoms with van der Waals surface area (Å²) in [5.41, 5.74) is -1.18. The minimum atomic E-state index is -0.890. The van der Waals surface area contributed by atoms with Gasteiger partial charge >= 0.3 is 18.2 Å². The smallest absolute Gasteiger partial charge is 0.424 e. The Morgan fingerprint density at radius 2 is 1.38 bits per heavy atom. The van der Waals surface area contributed by atoms with Crippen LogP contribution in [0.3, 0.4) is 0 Å². The zero-order valence-corrected chi connectivity index (χ0v) is 17.6. The second-order valence-electron chi connectivity index (χ2n) is 7.45. The quantitative estimate of drug-likeness (QED) is 0.490. The number of methoxy groups -OCH3 is 1. The Hall–Kier alpha value is -2.09. The second-order valence-corrected chi connectivity index (χ2v) is 8.31. The molecule has 0 atom stereocenters. The fourth-order valence-corrected chi connectivity index (χ4v) is 2.38. The van der Waals surface area contributed by atoms with Crippen molar-refractivity contribution < 1.29 is 28.6 Å². The molecule has 1 aromatic carbocycles. The van der Waals surface area contributed by atoms with Crippen LogP contribution in [0.1, 0.15) is 51.9 Å². The molecule has 0 radical (unpaired) electrons. The highest BCUT2D eigenvalue weighted by Gasteiger charge is 2.34. The van der Waals surface area contributed by atoms with E-state index in [1.54, 1.807) is 41.5 Å². The van der Waals surface area contributed by atoms with Gasteiger partial charge in [0.05, 0.1) is 18.4 Å². The lowest BCUT2D eigenvalue weighted by Gasteiger charge is -2.29. The summed E-state index contributed by atoms with van der Waals surface area (Å²) in [6, 6.07) is 4.32. The van der Waals surface area contributed by atoms with Crippen LogP contribution in [0.4, 0.5) is 15.3 Å². The van der Waals surface area contributed by atoms with Gasteiger partial charge in [0.2, 0.25) is 0 Å². The number of amides is 2. The van der Waals surface area contributed by atoms with Crippen LogP contribution in [0, 0.1) is 0 Å². The fourth-order valence-electron chi connectivity index (χ4n) is 1.82. The monoisotopic (exact) mass is 429 g/mol. The Morgan fingerprint density at radius 1 is 0.923 bits per heavy atom. The van der Waals surface area contributed by atoms with Gasteiger partial charge in [-0.3, -0.25) is 0 Å². The number of imide groups is 1. The largest absolute Gasteiger partial charge is 0.465 e. The normalized spacial score (nSPS) is 11.5. The summed E-state index contributed by atoms with van der Waals surface area (Å²) in [5.74, 6) is -0.543. The Morgan fingerprint density at radius 3 is 1.73 bits per heavy atom. The van der Waals surface area contributed by atoms with Crippen molar-refractivity contribution in [2.75, 3.05) is 12.0 Å². The number of hydrogen-bond acceptors (Lipinski definition) is 6. The van der Waals surface area contributed by atoms with E-state index in [2.05, 4.69) is 20.7 Å². The molecule has 0 N–H and O–H groups in total. The molecule has 1 aromatic rings. The van der Waals surface area contributed by atoms with Gasteiger partial charge in [-0.1, -0.05) is 0 Å². The first-order valence-corrected chi connectivity index (χ1v) is 8.68. The molecule has 0 aliphatic rings. The maximum atomic E-state index is 12.6. The summed E-state index contributed by atoms with van der Waals surface area (Å²) >= 11 is 3.28. The summed E-state index contributed by atoms with van der Waals surface area (Å²) in [5, 5.41) is 0. The number of hydrogen-bond donors (Lipinski definition) is 0. The molecule has 0 unspecified atom stereocenters. The van der Waals surface area contributed by atoms with Gasteiger partial charge in [0.25, 0.3) is 0 Å². The summed E-state index contributed by atoms with van der Waals surface area (Å²) in [6.45, 7) is 10.1. The molecule has 2 amide bonds. The van der Waals surface area contributed by atoms with Crippen molar-refractivity contribution in [1.29, 1.82) is 0 Å². The second kappa shape index (κ2) is 8.07. The zero-order valence-electron chi connectivity index (χ0n) is 16.0. The van der Waals surface area contributed by atoms with Crippen molar-refractivity contribution in [2.24, 2.45) is 0 Å². The molecular weight excluding hydrogens is 406 g/mol. The molecule has 8 heteroatoms. The number of carbonyl (C=O) groups is 3. The molecule has 0 saturated heterocycles. The van der Waals surface area contributed by atoms with Crippen LogP contribution >= 0.6 is 15.9 Å². The standard InChI is InChI=1S/C18H24BrNO6/c1-17(2,3)25-15(22)20(16(23)26-18(4,5)6)13-9-8-11(10-12(13)19)14(21)24-7/h8-10H,1-7H3. The van der Waals surface area contributed by atoms with Gasteiger partial charge in [-0.05, 0) is 75.7 Å². The minimum Gasteiger partial charge on any atom is -0.465 e. The highest BCUT2D eigenvalue weighted by Crippen LogP contribution is 2.30. The van der Waals surface area contributed by atoms with Crippen molar-refractivity contribution >= 4 is 39.8 Å². The number of carbonyl (C=O) groups excluding carboxylic acids is 3. The molecule has 0 bridgehead atoms. The van der Waals surface area contributed by atoms with E-state index in [0.717, 1.165) is 4.90 Å². The number of nitrogens with zero attached hydrogens (tertiary/aromatic N) is 1. The Labute approximate surface area is 161 Å². The van der Waals surface area contributed by atoms with Gasteiger partial charge < -0.3 is 14.2 Å². The van der Waals surface area contributed by atoms with Crippen molar-refractivity contribution in [3.63, 3.8) is 0 Å². The van der Waals surface area contributed by atoms with Gasteiger partial charge in [0.15, 0.2) is 0 Å². The summed E-state index contributed by atoms with van der Waals surface area (Å²) in [4.78, 5) is 37.6. The number of halogens is 1. The van der Waals surface area contributed by atoms with Crippen molar-refractivity contribution in [3.8, 4) is 0 Å². The maximum Gasteiger partial charge on any atom is 0.424 e. The number of anilines is 1. The highest BCUT2D eigenvalue weighted by molar-refractivity contribution is 9.10. The first-order valence-electron chi connectivity index (χ1n) is 7.89. The average Bonchev–Trinajstić information content (AvgIpc) is 2.44. The van der Waals surface area contributed by atoms with E-state index in [9.17, 15) is 14.4 Å². The van der Waals surface area contributed by atoms with Crippen LogP contribution in [0.15, 0.2) is 22.7 Å². The predicted molar refractivity (Wildman–Crippen MR) is 100 cm³/mol. The maximum absolute atomic E-state index is 12.6. The minimum absolute atomic E-state index is 0.182. The van der Waals surface area contributed by atoms with E-state index in [-0.39, 0.29) is 11.3 Å². The third-order valence-electron chi connectivity index (χ3n) is 2.76. The van der Waals surface area contributed by atoms with Gasteiger partial charge in [0, 0.05) is 4.47 Å². The van der Waals surface area contributed by atoms with Crippen LogP contribution in [-0.4, -0.2) is 36.5 Å². The molecule has 0 aromatic heterocycles. The lowest BCUT2D eigenvalue weighted by Crippen LogP contribution is -2.44. The Kier molecular flexibility index (Phi) is 6.82. The molecule has 0 spiro atoms. The molecular formula is C18H24BrNO6. The van der Waals surface area contributed by atoms with Gasteiger partial charge in [-0.25, -0.2) is 14.4 Å². The summed E-state index contributed by atoms with van der Waals surface area (Å²) in [7, 11) is 1.26. The fraction of sp³-hybridized carbons (Fsp3) is 0.500. The predicted octanol–water partition coefficient (Wildman–Crippen LogP) is 4.91. The van der Waals surface area contributed by atoms with Gasteiger partial charge in [-0.15, -0.1) is 0 Å². The van der Waals surface area contributed by atoms with E-state index in [1.807, 2.05) is 0 Å². The SMILES string of the molecule is COC(=O)c1ccc(N(C(=O)OC(C)(C)C)C(=O)OC(C)(C)C)c(Br)c1. The lowest BCUT2D eigenvalue weighted by atomic mass is 10.2. The third kappa shape index (κ3) is 6.33. The molecule has 7 nitrogen and oxygen atoms in total. The zero-order chi connectivity index (χ0) is 20.3. The topological polar surface area (TPSA) is 82.1 Å². The Bertz CT molecular complexity index is 675. The van der Waals surface area contributed by atoms with Crippen LogP contribution in [0.5, 0.6) is 0 Å². The lowest BCUT2D eigenvalue weighted by molar-refractivity contribution is 0.0429. The third-order valence-corrected chi connectivity index (χ3v) is 3.40. The summed E-state index contributed by atoms with van der Waals surface area (Å²) < 4.78 is 15.6. The number of esters is 1. The summed E-state index contributed by atoms with van der Waals surface area (Å²) in [6.07, 6.45) is -1.78. The molecule has 0 aliphatic heterocycles. The highest BCUT2D eigenvalue weighted by atomic mass is 79.9. The van der Waals surface area contributed by atoms with E-state index in [1.165, 1.54) is 25.3 Å². The molecule has 0 heterocycles. The van der Waals surface area contributed by atoms with E-state index in [0.29, 0.717) is 4.47 Å².